The van der Waals surface area contributed by atoms with Gasteiger partial charge in [0.05, 0.1) is 28.4 Å². The molecule has 4 rings (SSSR count). The number of thioether (sulfide) groups is 1. The Morgan fingerprint density at radius 1 is 1.18 bits per heavy atom. The molecule has 34 heavy (non-hydrogen) atoms. The molecule has 0 saturated carbocycles. The highest BCUT2D eigenvalue weighted by atomic mass is 35.5. The Hall–Kier alpha value is -3.12. The Balaban J connectivity index is 1.50. The van der Waals surface area contributed by atoms with Crippen LogP contribution in [0.15, 0.2) is 63.9 Å². The number of benzene rings is 1. The summed E-state index contributed by atoms with van der Waals surface area (Å²) in [6.45, 7) is 0. The number of amidine groups is 1. The maximum absolute atomic E-state index is 13.2. The van der Waals surface area contributed by atoms with Crippen LogP contribution in [0.25, 0.3) is 6.08 Å². The van der Waals surface area contributed by atoms with Gasteiger partial charge in [-0.25, -0.2) is 4.99 Å². The van der Waals surface area contributed by atoms with Crippen LogP contribution < -0.4 is 20.5 Å². The second-order valence-corrected chi connectivity index (χ2v) is 9.94. The van der Waals surface area contributed by atoms with Gasteiger partial charge in [-0.15, -0.1) is 22.7 Å². The summed E-state index contributed by atoms with van der Waals surface area (Å²) < 4.78 is 5.19. The monoisotopic (exact) mass is 532 g/mol. The number of aliphatic imine (C=N–C) groups is 1. The van der Waals surface area contributed by atoms with Crippen molar-refractivity contribution in [3.05, 3.63) is 73.7 Å². The number of carbonyl (C=O) groups excluding carboxylic acids is 3. The van der Waals surface area contributed by atoms with Crippen molar-refractivity contribution in [2.45, 2.75) is 0 Å². The molecular weight excluding hydrogens is 516 g/mol. The number of nitrogens with one attached hydrogen (secondary N) is 2. The van der Waals surface area contributed by atoms with Gasteiger partial charge >= 0.3 is 0 Å². The molecule has 0 aliphatic carbocycles. The van der Waals surface area contributed by atoms with Crippen LogP contribution in [0, 0.1) is 0 Å². The average Bonchev–Trinajstić information content (AvgIpc) is 3.59. The number of methoxy groups -OCH3 is 1. The number of thiophene rings is 2. The SMILES string of the molecule is COc1ccc(N2C(=O)/C(=C/c3cccs3)N=C2SCC(=O)NNC(=O)c2cccs2)cc1Cl. The van der Waals surface area contributed by atoms with Crippen LogP contribution in [0.2, 0.25) is 5.02 Å². The van der Waals surface area contributed by atoms with Crippen molar-refractivity contribution >= 4 is 80.7 Å². The third-order valence-electron chi connectivity index (χ3n) is 4.44. The third-order valence-corrected chi connectivity index (χ3v) is 7.36. The van der Waals surface area contributed by atoms with Gasteiger partial charge < -0.3 is 4.74 Å². The zero-order chi connectivity index (χ0) is 24.1. The highest BCUT2D eigenvalue weighted by Gasteiger charge is 2.33. The largest absolute Gasteiger partial charge is 0.495 e. The predicted octanol–water partition coefficient (Wildman–Crippen LogP) is 4.41. The molecule has 1 aromatic carbocycles. The molecule has 0 radical (unpaired) electrons. The molecule has 12 heteroatoms. The average molecular weight is 533 g/mol. The molecule has 0 fully saturated rings. The van der Waals surface area contributed by atoms with E-state index in [0.717, 1.165) is 16.6 Å². The molecule has 0 spiro atoms. The van der Waals surface area contributed by atoms with E-state index < -0.39 is 11.8 Å². The molecule has 8 nitrogen and oxygen atoms in total. The molecular formula is C22H17ClN4O4S3. The van der Waals surface area contributed by atoms with E-state index in [-0.39, 0.29) is 17.4 Å². The van der Waals surface area contributed by atoms with Crippen molar-refractivity contribution in [1.82, 2.24) is 10.9 Å². The summed E-state index contributed by atoms with van der Waals surface area (Å²) in [5.74, 6) is -0.809. The van der Waals surface area contributed by atoms with Crippen molar-refractivity contribution in [2.24, 2.45) is 4.99 Å². The zero-order valence-corrected chi connectivity index (χ0v) is 20.8. The van der Waals surface area contributed by atoms with E-state index in [0.29, 0.717) is 26.5 Å². The molecule has 3 amide bonds. The molecule has 0 unspecified atom stereocenters. The normalized spacial score (nSPS) is 14.3. The van der Waals surface area contributed by atoms with Crippen molar-refractivity contribution in [2.75, 3.05) is 17.8 Å². The Morgan fingerprint density at radius 3 is 2.65 bits per heavy atom. The first kappa shape index (κ1) is 24.0. The fraction of sp³-hybridized carbons (Fsp3) is 0.0909. The van der Waals surface area contributed by atoms with Crippen molar-refractivity contribution in [1.29, 1.82) is 0 Å². The fourth-order valence-electron chi connectivity index (χ4n) is 2.89. The number of hydrogen-bond acceptors (Lipinski definition) is 8. The second-order valence-electron chi connectivity index (χ2n) is 6.67. The van der Waals surface area contributed by atoms with Crippen LogP contribution in [-0.2, 0) is 9.59 Å². The number of hydrogen-bond donors (Lipinski definition) is 2. The van der Waals surface area contributed by atoms with Crippen LogP contribution in [0.3, 0.4) is 0 Å². The highest BCUT2D eigenvalue weighted by molar-refractivity contribution is 8.14. The van der Waals surface area contributed by atoms with Crippen LogP contribution >= 0.6 is 46.0 Å². The Morgan fingerprint density at radius 2 is 1.97 bits per heavy atom. The summed E-state index contributed by atoms with van der Waals surface area (Å²) in [5, 5.41) is 4.32. The molecule has 2 N–H and O–H groups in total. The van der Waals surface area contributed by atoms with Gasteiger partial charge in [-0.1, -0.05) is 35.5 Å². The van der Waals surface area contributed by atoms with Crippen molar-refractivity contribution < 1.29 is 19.1 Å². The Labute approximate surface area is 212 Å². The number of anilines is 1. The van der Waals surface area contributed by atoms with Crippen LogP contribution in [0.5, 0.6) is 5.75 Å². The Kier molecular flexibility index (Phi) is 7.68. The molecule has 0 atom stereocenters. The molecule has 1 aliphatic rings. The lowest BCUT2D eigenvalue weighted by Gasteiger charge is -2.18. The molecule has 0 saturated heterocycles. The molecule has 3 heterocycles. The van der Waals surface area contributed by atoms with Gasteiger partial charge in [0.15, 0.2) is 5.17 Å². The van der Waals surface area contributed by atoms with Crippen molar-refractivity contribution in [3.8, 4) is 5.75 Å². The topological polar surface area (TPSA) is 100 Å². The Bertz CT molecular complexity index is 1270. The minimum atomic E-state index is -0.451. The first-order valence-corrected chi connectivity index (χ1v) is 12.9. The fourth-order valence-corrected chi connectivity index (χ4v) is 5.22. The van der Waals surface area contributed by atoms with E-state index in [1.807, 2.05) is 17.5 Å². The number of nitrogens with zero attached hydrogens (tertiary/aromatic N) is 2. The van der Waals surface area contributed by atoms with Gasteiger partial charge in [0.2, 0.25) is 5.91 Å². The molecule has 1 aliphatic heterocycles. The van der Waals surface area contributed by atoms with Gasteiger partial charge in [-0.05, 0) is 47.2 Å². The van der Waals surface area contributed by atoms with Crippen LogP contribution in [0.1, 0.15) is 14.5 Å². The molecule has 2 aromatic heterocycles. The van der Waals surface area contributed by atoms with Gasteiger partial charge in [-0.3, -0.25) is 30.1 Å². The van der Waals surface area contributed by atoms with E-state index in [2.05, 4.69) is 15.8 Å². The third kappa shape index (κ3) is 5.50. The number of rotatable bonds is 6. The number of halogens is 1. The van der Waals surface area contributed by atoms with E-state index >= 15 is 0 Å². The molecule has 0 bridgehead atoms. The summed E-state index contributed by atoms with van der Waals surface area (Å²) >= 11 is 10.1. The number of ether oxygens (including phenoxy) is 1. The van der Waals surface area contributed by atoms with Gasteiger partial charge in [-0.2, -0.15) is 0 Å². The summed E-state index contributed by atoms with van der Waals surface area (Å²) in [4.78, 5) is 44.7. The number of carbonyl (C=O) groups is 3. The van der Waals surface area contributed by atoms with Gasteiger partial charge in [0.1, 0.15) is 11.4 Å². The maximum atomic E-state index is 13.2. The van der Waals surface area contributed by atoms with Crippen LogP contribution in [0.4, 0.5) is 5.69 Å². The minimum Gasteiger partial charge on any atom is -0.495 e. The zero-order valence-electron chi connectivity index (χ0n) is 17.6. The van der Waals surface area contributed by atoms with Gasteiger partial charge in [0, 0.05) is 4.88 Å². The van der Waals surface area contributed by atoms with E-state index in [1.165, 1.54) is 34.7 Å². The standard InChI is InChI=1S/C22H17ClN4O4S3/c1-31-17-7-6-13(10-15(17)23)27-21(30)16(11-14-4-2-8-32-14)24-22(27)34-12-19(28)25-26-20(29)18-5-3-9-33-18/h2-11H,12H2,1H3,(H,25,28)(H,26,29)/b16-11-. The number of hydrazine groups is 1. The maximum Gasteiger partial charge on any atom is 0.283 e. The van der Waals surface area contributed by atoms with E-state index in [4.69, 9.17) is 16.3 Å². The van der Waals surface area contributed by atoms with Crippen LogP contribution in [-0.4, -0.2) is 35.8 Å². The van der Waals surface area contributed by atoms with Gasteiger partial charge in [0.25, 0.3) is 11.8 Å². The first-order chi connectivity index (χ1) is 16.5. The summed E-state index contributed by atoms with van der Waals surface area (Å²) in [6.07, 6.45) is 1.69. The quantitative estimate of drug-likeness (QED) is 0.362. The minimum absolute atomic E-state index is 0.0799. The van der Waals surface area contributed by atoms with E-state index in [1.54, 1.807) is 41.8 Å². The molecule has 3 aromatic rings. The summed E-state index contributed by atoms with van der Waals surface area (Å²) in [6, 6.07) is 12.1. The lowest BCUT2D eigenvalue weighted by Crippen LogP contribution is -2.42. The molecule has 174 valence electrons. The smallest absolute Gasteiger partial charge is 0.283 e. The predicted molar refractivity (Wildman–Crippen MR) is 138 cm³/mol. The van der Waals surface area contributed by atoms with Crippen molar-refractivity contribution in [3.63, 3.8) is 0 Å². The lowest BCUT2D eigenvalue weighted by molar-refractivity contribution is -0.119. The summed E-state index contributed by atoms with van der Waals surface area (Å²) in [5.41, 5.74) is 5.47. The first-order valence-electron chi connectivity index (χ1n) is 9.73. The summed E-state index contributed by atoms with van der Waals surface area (Å²) in [7, 11) is 1.50. The lowest BCUT2D eigenvalue weighted by atomic mass is 10.2. The number of amides is 3. The second kappa shape index (κ2) is 10.9. The van der Waals surface area contributed by atoms with E-state index in [9.17, 15) is 14.4 Å². The highest BCUT2D eigenvalue weighted by Crippen LogP contribution is 2.34.